The van der Waals surface area contributed by atoms with Crippen molar-refractivity contribution in [3.05, 3.63) is 113 Å². The van der Waals surface area contributed by atoms with E-state index in [2.05, 4.69) is 10.2 Å². The number of ketones is 1. The van der Waals surface area contributed by atoms with E-state index in [1.165, 1.54) is 12.1 Å². The van der Waals surface area contributed by atoms with Gasteiger partial charge in [0, 0.05) is 17.0 Å². The Labute approximate surface area is 173 Å². The summed E-state index contributed by atoms with van der Waals surface area (Å²) in [5.41, 5.74) is 3.28. The Balaban J connectivity index is 1.56. The van der Waals surface area contributed by atoms with Crippen LogP contribution in [0, 0.1) is 5.82 Å². The summed E-state index contributed by atoms with van der Waals surface area (Å²) in [6.07, 6.45) is 0.522. The van der Waals surface area contributed by atoms with Gasteiger partial charge in [-0.1, -0.05) is 66.7 Å². The van der Waals surface area contributed by atoms with Crippen LogP contribution in [-0.4, -0.2) is 16.9 Å². The second-order valence-corrected chi connectivity index (χ2v) is 7.63. The summed E-state index contributed by atoms with van der Waals surface area (Å²) in [5, 5.41) is 19.7. The first-order chi connectivity index (χ1) is 14.6. The summed E-state index contributed by atoms with van der Waals surface area (Å²) in [7, 11) is 0. The Morgan fingerprint density at radius 2 is 1.47 bits per heavy atom. The Morgan fingerprint density at radius 1 is 0.800 bits per heavy atom. The van der Waals surface area contributed by atoms with E-state index < -0.39 is 6.04 Å². The topological polar surface area (TPSA) is 62.0 Å². The van der Waals surface area contributed by atoms with Crippen molar-refractivity contribution < 1.29 is 14.3 Å². The standard InChI is InChI=1S/C25H19FN2O2/c26-17-12-10-16(11-13-17)23-20(15-6-2-1-3-7-15)14-21(27-28-23)22-24(29)18-8-4-5-9-19(18)25(22)30/h1-13,20-21,23,29H,14H2/t20-,21+,23-/m1/s1. The fourth-order valence-corrected chi connectivity index (χ4v) is 4.40. The number of nitrogens with zero attached hydrogens (tertiary/aromatic N) is 2. The SMILES string of the molecule is O=C1C([C@@H]2C[C@H](c3ccccc3)[C@@H](c3ccc(F)cc3)N=N2)=C(O)c2ccccc21. The number of aliphatic hydroxyl groups excluding tert-OH is 1. The molecule has 0 spiro atoms. The van der Waals surface area contributed by atoms with Gasteiger partial charge in [0.05, 0.1) is 5.57 Å². The zero-order valence-electron chi connectivity index (χ0n) is 16.1. The Bertz CT molecular complexity index is 1170. The quantitative estimate of drug-likeness (QED) is 0.584. The molecule has 30 heavy (non-hydrogen) atoms. The van der Waals surface area contributed by atoms with Crippen molar-refractivity contribution in [3.63, 3.8) is 0 Å². The molecule has 0 unspecified atom stereocenters. The lowest BCUT2D eigenvalue weighted by Crippen LogP contribution is -2.25. The molecule has 0 saturated carbocycles. The number of aliphatic hydroxyl groups is 1. The molecule has 1 aliphatic heterocycles. The molecule has 3 aromatic carbocycles. The minimum Gasteiger partial charge on any atom is -0.507 e. The molecule has 4 nitrogen and oxygen atoms in total. The molecule has 5 rings (SSSR count). The van der Waals surface area contributed by atoms with Crippen molar-refractivity contribution in [2.45, 2.75) is 24.4 Å². The number of halogens is 1. The van der Waals surface area contributed by atoms with Gasteiger partial charge in [0.15, 0.2) is 5.78 Å². The number of carbonyl (C=O) groups excluding carboxylic acids is 1. The fraction of sp³-hybridized carbons (Fsp3) is 0.160. The van der Waals surface area contributed by atoms with Crippen LogP contribution in [-0.2, 0) is 0 Å². The van der Waals surface area contributed by atoms with Crippen LogP contribution in [0.3, 0.4) is 0 Å². The van der Waals surface area contributed by atoms with E-state index in [4.69, 9.17) is 0 Å². The zero-order valence-corrected chi connectivity index (χ0v) is 16.1. The first-order valence-electron chi connectivity index (χ1n) is 9.91. The van der Waals surface area contributed by atoms with E-state index in [1.54, 1.807) is 36.4 Å². The molecular formula is C25H19FN2O2. The number of carbonyl (C=O) groups is 1. The average molecular weight is 398 g/mol. The van der Waals surface area contributed by atoms with Crippen molar-refractivity contribution in [1.82, 2.24) is 0 Å². The highest BCUT2D eigenvalue weighted by atomic mass is 19.1. The van der Waals surface area contributed by atoms with Gasteiger partial charge >= 0.3 is 0 Å². The van der Waals surface area contributed by atoms with Crippen LogP contribution in [0.5, 0.6) is 0 Å². The predicted molar refractivity (Wildman–Crippen MR) is 112 cm³/mol. The molecule has 0 amide bonds. The van der Waals surface area contributed by atoms with Gasteiger partial charge in [-0.05, 0) is 29.7 Å². The highest BCUT2D eigenvalue weighted by Crippen LogP contribution is 2.45. The minimum atomic E-state index is -0.535. The van der Waals surface area contributed by atoms with E-state index >= 15 is 0 Å². The third kappa shape index (κ3) is 3.03. The number of Topliss-reactive ketones (excluding diaryl/α,β-unsaturated/α-hetero) is 1. The molecule has 3 atom stereocenters. The van der Waals surface area contributed by atoms with Gasteiger partial charge < -0.3 is 5.11 Å². The normalized spacial score (nSPS) is 23.0. The molecule has 5 heteroatoms. The second kappa shape index (κ2) is 7.34. The van der Waals surface area contributed by atoms with Crippen molar-refractivity contribution >= 4 is 11.5 Å². The third-order valence-electron chi connectivity index (χ3n) is 5.89. The summed E-state index contributed by atoms with van der Waals surface area (Å²) in [5.74, 6) is -0.563. The van der Waals surface area contributed by atoms with Crippen molar-refractivity contribution in [2.24, 2.45) is 10.2 Å². The van der Waals surface area contributed by atoms with E-state index in [-0.39, 0.29) is 29.3 Å². The average Bonchev–Trinajstić information content (AvgIpc) is 3.05. The lowest BCUT2D eigenvalue weighted by molar-refractivity contribution is 0.102. The summed E-state index contributed by atoms with van der Waals surface area (Å²) < 4.78 is 13.4. The molecule has 0 saturated heterocycles. The van der Waals surface area contributed by atoms with Gasteiger partial charge in [-0.2, -0.15) is 10.2 Å². The van der Waals surface area contributed by atoms with E-state index in [0.717, 1.165) is 11.1 Å². The van der Waals surface area contributed by atoms with E-state index in [1.807, 2.05) is 30.3 Å². The van der Waals surface area contributed by atoms with Crippen LogP contribution in [0.15, 0.2) is 94.7 Å². The fourth-order valence-electron chi connectivity index (χ4n) is 4.40. The zero-order chi connectivity index (χ0) is 20.7. The smallest absolute Gasteiger partial charge is 0.195 e. The van der Waals surface area contributed by atoms with Gasteiger partial charge in [0.2, 0.25) is 0 Å². The first kappa shape index (κ1) is 18.4. The van der Waals surface area contributed by atoms with Gasteiger partial charge in [-0.15, -0.1) is 0 Å². The Hall–Kier alpha value is -3.60. The molecule has 1 heterocycles. The monoisotopic (exact) mass is 398 g/mol. The highest BCUT2D eigenvalue weighted by molar-refractivity contribution is 6.20. The van der Waals surface area contributed by atoms with Gasteiger partial charge in [-0.25, -0.2) is 4.39 Å². The molecule has 148 valence electrons. The number of benzene rings is 3. The maximum Gasteiger partial charge on any atom is 0.195 e. The molecule has 0 fully saturated rings. The third-order valence-corrected chi connectivity index (χ3v) is 5.89. The lowest BCUT2D eigenvalue weighted by atomic mass is 9.80. The van der Waals surface area contributed by atoms with Crippen LogP contribution in [0.25, 0.3) is 5.76 Å². The number of hydrogen-bond acceptors (Lipinski definition) is 4. The maximum atomic E-state index is 13.4. The lowest BCUT2D eigenvalue weighted by Gasteiger charge is -2.31. The van der Waals surface area contributed by atoms with Crippen LogP contribution in [0.4, 0.5) is 4.39 Å². The molecule has 3 aromatic rings. The van der Waals surface area contributed by atoms with Gasteiger partial charge in [-0.3, -0.25) is 4.79 Å². The minimum absolute atomic E-state index is 0.00778. The first-order valence-corrected chi connectivity index (χ1v) is 9.91. The number of rotatable bonds is 3. The predicted octanol–water partition coefficient (Wildman–Crippen LogP) is 6.04. The second-order valence-electron chi connectivity index (χ2n) is 7.63. The largest absolute Gasteiger partial charge is 0.507 e. The van der Waals surface area contributed by atoms with Crippen LogP contribution >= 0.6 is 0 Å². The molecule has 0 aromatic heterocycles. The molecule has 0 bridgehead atoms. The van der Waals surface area contributed by atoms with Crippen LogP contribution in [0.2, 0.25) is 0 Å². The summed E-state index contributed by atoms with van der Waals surface area (Å²) in [4.78, 5) is 13.0. The molecule has 1 N–H and O–H groups in total. The van der Waals surface area contributed by atoms with Crippen LogP contribution < -0.4 is 0 Å². The molecule has 1 aliphatic carbocycles. The van der Waals surface area contributed by atoms with Crippen LogP contribution in [0.1, 0.15) is 45.4 Å². The van der Waals surface area contributed by atoms with E-state index in [9.17, 15) is 14.3 Å². The summed E-state index contributed by atoms with van der Waals surface area (Å²) in [6.45, 7) is 0. The maximum absolute atomic E-state index is 13.4. The number of azo groups is 1. The highest BCUT2D eigenvalue weighted by Gasteiger charge is 2.40. The number of hydrogen-bond donors (Lipinski definition) is 1. The molecule has 0 radical (unpaired) electrons. The van der Waals surface area contributed by atoms with Crippen molar-refractivity contribution in [2.75, 3.05) is 0 Å². The Kier molecular flexibility index (Phi) is 4.51. The Morgan fingerprint density at radius 3 is 2.17 bits per heavy atom. The van der Waals surface area contributed by atoms with Gasteiger partial charge in [0.25, 0.3) is 0 Å². The van der Waals surface area contributed by atoms with Crippen molar-refractivity contribution in [1.29, 1.82) is 0 Å². The number of fused-ring (bicyclic) bond motifs is 1. The van der Waals surface area contributed by atoms with Crippen molar-refractivity contribution in [3.8, 4) is 0 Å². The molecular weight excluding hydrogens is 379 g/mol. The van der Waals surface area contributed by atoms with Gasteiger partial charge in [0.1, 0.15) is 23.7 Å². The summed E-state index contributed by atoms with van der Waals surface area (Å²) >= 11 is 0. The summed E-state index contributed by atoms with van der Waals surface area (Å²) in [6, 6.07) is 22.4. The molecule has 2 aliphatic rings. The van der Waals surface area contributed by atoms with E-state index in [0.29, 0.717) is 23.1 Å².